The number of non-ortho nitro benzene ring substituents is 1. The fourth-order valence-corrected chi connectivity index (χ4v) is 3.04. The molecule has 0 N–H and O–H groups in total. The van der Waals surface area contributed by atoms with Crippen molar-refractivity contribution in [3.05, 3.63) is 34.4 Å². The number of hydrogen-bond acceptors (Lipinski definition) is 5. The quantitative estimate of drug-likeness (QED) is 0.614. The van der Waals surface area contributed by atoms with Gasteiger partial charge in [-0.1, -0.05) is 23.9 Å². The summed E-state index contributed by atoms with van der Waals surface area (Å²) in [6.45, 7) is 2.09. The highest BCUT2D eigenvalue weighted by molar-refractivity contribution is 7.99. The van der Waals surface area contributed by atoms with Gasteiger partial charge in [0.1, 0.15) is 0 Å². The lowest BCUT2D eigenvalue weighted by Crippen LogP contribution is -2.04. The molecule has 0 saturated heterocycles. The van der Waals surface area contributed by atoms with Gasteiger partial charge in [0.2, 0.25) is 0 Å². The van der Waals surface area contributed by atoms with Crippen molar-refractivity contribution in [2.24, 2.45) is 0 Å². The third-order valence-electron chi connectivity index (χ3n) is 2.87. The number of nitro groups is 1. The molecule has 1 atom stereocenters. The molecular weight excluding hydrogens is 252 g/mol. The maximum absolute atomic E-state index is 10.8. The average Bonchev–Trinajstić information content (AvgIpc) is 2.93. The zero-order valence-electron chi connectivity index (χ0n) is 9.61. The van der Waals surface area contributed by atoms with E-state index in [1.165, 1.54) is 12.1 Å². The smallest absolute Gasteiger partial charge is 0.270 e. The summed E-state index contributed by atoms with van der Waals surface area (Å²) >= 11 is 1.66. The van der Waals surface area contributed by atoms with Gasteiger partial charge in [-0.3, -0.25) is 14.7 Å². The minimum atomic E-state index is -0.400. The molecule has 0 saturated carbocycles. The van der Waals surface area contributed by atoms with E-state index in [1.54, 1.807) is 17.8 Å². The average molecular weight is 262 g/mol. The second-order valence-corrected chi connectivity index (χ2v) is 5.13. The Morgan fingerprint density at radius 1 is 1.50 bits per heavy atom. The Bertz CT molecular complexity index is 625. The van der Waals surface area contributed by atoms with Crippen LogP contribution in [0, 0.1) is 10.1 Å². The zero-order valence-corrected chi connectivity index (χ0v) is 10.4. The number of benzene rings is 1. The van der Waals surface area contributed by atoms with E-state index in [0.29, 0.717) is 11.9 Å². The summed E-state index contributed by atoms with van der Waals surface area (Å²) in [6, 6.07) is 6.81. The minimum absolute atomic E-state index is 0.0724. The van der Waals surface area contributed by atoms with Gasteiger partial charge in [-0.25, -0.2) is 0 Å². The van der Waals surface area contributed by atoms with Crippen molar-refractivity contribution in [2.75, 3.05) is 5.75 Å². The molecular formula is C11H10N4O2S. The zero-order chi connectivity index (χ0) is 12.7. The molecule has 0 bridgehead atoms. The number of rotatable bonds is 2. The van der Waals surface area contributed by atoms with E-state index in [0.717, 1.165) is 16.5 Å². The molecule has 3 rings (SSSR count). The van der Waals surface area contributed by atoms with Crippen molar-refractivity contribution in [3.63, 3.8) is 0 Å². The van der Waals surface area contributed by atoms with Crippen LogP contribution < -0.4 is 0 Å². The maximum atomic E-state index is 10.8. The molecule has 0 unspecified atom stereocenters. The van der Waals surface area contributed by atoms with Gasteiger partial charge >= 0.3 is 0 Å². The number of aromatic nitrogens is 3. The predicted molar refractivity (Wildman–Crippen MR) is 67.5 cm³/mol. The molecule has 0 amide bonds. The van der Waals surface area contributed by atoms with E-state index in [2.05, 4.69) is 17.1 Å². The molecule has 92 valence electrons. The number of fused-ring (bicyclic) bond motifs is 1. The molecule has 1 aromatic carbocycles. The Kier molecular flexibility index (Phi) is 2.55. The fourth-order valence-electron chi connectivity index (χ4n) is 2.00. The number of nitro benzene ring substituents is 1. The number of nitrogens with zero attached hydrogens (tertiary/aromatic N) is 4. The summed E-state index contributed by atoms with van der Waals surface area (Å²) < 4.78 is 2.03. The van der Waals surface area contributed by atoms with Crippen LogP contribution in [0.3, 0.4) is 0 Å². The molecule has 2 aromatic rings. The molecule has 0 spiro atoms. The van der Waals surface area contributed by atoms with E-state index < -0.39 is 4.92 Å². The van der Waals surface area contributed by atoms with Crippen LogP contribution in [0.2, 0.25) is 0 Å². The molecule has 6 nitrogen and oxygen atoms in total. The van der Waals surface area contributed by atoms with Crippen molar-refractivity contribution >= 4 is 17.4 Å². The summed E-state index contributed by atoms with van der Waals surface area (Å²) in [6.07, 6.45) is 0. The van der Waals surface area contributed by atoms with Crippen LogP contribution in [-0.4, -0.2) is 25.4 Å². The van der Waals surface area contributed by atoms with Crippen molar-refractivity contribution in [2.45, 2.75) is 18.1 Å². The first-order valence-electron chi connectivity index (χ1n) is 5.49. The highest BCUT2D eigenvalue weighted by atomic mass is 32.2. The third-order valence-corrected chi connectivity index (χ3v) is 4.06. The molecule has 0 fully saturated rings. The van der Waals surface area contributed by atoms with Gasteiger partial charge in [0, 0.05) is 29.5 Å². The van der Waals surface area contributed by atoms with Crippen LogP contribution in [0.15, 0.2) is 29.4 Å². The number of thioether (sulfide) groups is 1. The van der Waals surface area contributed by atoms with Crippen LogP contribution in [0.25, 0.3) is 11.4 Å². The molecule has 1 aliphatic rings. The Morgan fingerprint density at radius 2 is 2.33 bits per heavy atom. The minimum Gasteiger partial charge on any atom is -0.298 e. The van der Waals surface area contributed by atoms with Crippen molar-refractivity contribution in [3.8, 4) is 11.4 Å². The van der Waals surface area contributed by atoms with Gasteiger partial charge in [-0.2, -0.15) is 0 Å². The van der Waals surface area contributed by atoms with Gasteiger partial charge in [-0.05, 0) is 6.92 Å². The van der Waals surface area contributed by atoms with Crippen molar-refractivity contribution < 1.29 is 4.92 Å². The molecule has 2 heterocycles. The lowest BCUT2D eigenvalue weighted by molar-refractivity contribution is -0.384. The lowest BCUT2D eigenvalue weighted by Gasteiger charge is -2.08. The standard InChI is InChI=1S/C11H10N4O2S/c1-7-6-18-11-13-12-10(14(7)11)8-3-2-4-9(5-8)15(16)17/h2-5,7H,6H2,1H3/t7-/m1/s1. The number of hydrogen-bond donors (Lipinski definition) is 0. The van der Waals surface area contributed by atoms with Gasteiger partial charge < -0.3 is 0 Å². The lowest BCUT2D eigenvalue weighted by atomic mass is 10.2. The third kappa shape index (κ3) is 1.67. The van der Waals surface area contributed by atoms with Gasteiger partial charge in [0.05, 0.1) is 4.92 Å². The Morgan fingerprint density at radius 3 is 3.11 bits per heavy atom. The normalized spacial score (nSPS) is 17.7. The topological polar surface area (TPSA) is 73.8 Å². The Balaban J connectivity index is 2.11. The molecule has 0 aliphatic carbocycles. The SMILES string of the molecule is C[C@@H]1CSc2nnc(-c3cccc([N+](=O)[O-])c3)n21. The van der Waals surface area contributed by atoms with Crippen LogP contribution in [0.5, 0.6) is 0 Å². The molecule has 1 aromatic heterocycles. The van der Waals surface area contributed by atoms with E-state index in [1.807, 2.05) is 10.6 Å². The van der Waals surface area contributed by atoms with Crippen LogP contribution in [0.1, 0.15) is 13.0 Å². The summed E-state index contributed by atoms with van der Waals surface area (Å²) in [5, 5.41) is 19.9. The second kappa shape index (κ2) is 4.09. The summed E-state index contributed by atoms with van der Waals surface area (Å²) in [4.78, 5) is 10.4. The van der Waals surface area contributed by atoms with Crippen LogP contribution in [-0.2, 0) is 0 Å². The van der Waals surface area contributed by atoms with Crippen LogP contribution >= 0.6 is 11.8 Å². The van der Waals surface area contributed by atoms with Crippen molar-refractivity contribution in [1.29, 1.82) is 0 Å². The van der Waals surface area contributed by atoms with E-state index in [-0.39, 0.29) is 5.69 Å². The Hall–Kier alpha value is -1.89. The first kappa shape index (κ1) is 11.2. The highest BCUT2D eigenvalue weighted by Gasteiger charge is 2.25. The summed E-state index contributed by atoms with van der Waals surface area (Å²) in [5.41, 5.74) is 0.806. The van der Waals surface area contributed by atoms with Crippen molar-refractivity contribution in [1.82, 2.24) is 14.8 Å². The highest BCUT2D eigenvalue weighted by Crippen LogP contribution is 2.36. The van der Waals surface area contributed by atoms with Crippen LogP contribution in [0.4, 0.5) is 5.69 Å². The molecule has 1 aliphatic heterocycles. The maximum Gasteiger partial charge on any atom is 0.270 e. The first-order valence-corrected chi connectivity index (χ1v) is 6.48. The van der Waals surface area contributed by atoms with E-state index in [9.17, 15) is 10.1 Å². The van der Waals surface area contributed by atoms with E-state index >= 15 is 0 Å². The second-order valence-electron chi connectivity index (χ2n) is 4.14. The molecule has 18 heavy (non-hydrogen) atoms. The fraction of sp³-hybridized carbons (Fsp3) is 0.273. The van der Waals surface area contributed by atoms with Gasteiger partial charge in [0.15, 0.2) is 11.0 Å². The largest absolute Gasteiger partial charge is 0.298 e. The van der Waals surface area contributed by atoms with E-state index in [4.69, 9.17) is 0 Å². The monoisotopic (exact) mass is 262 g/mol. The van der Waals surface area contributed by atoms with Gasteiger partial charge in [0.25, 0.3) is 5.69 Å². The summed E-state index contributed by atoms with van der Waals surface area (Å²) in [7, 11) is 0. The molecule has 7 heteroatoms. The summed E-state index contributed by atoms with van der Waals surface area (Å²) in [5.74, 6) is 1.67. The predicted octanol–water partition coefficient (Wildman–Crippen LogP) is 2.52. The first-order chi connectivity index (χ1) is 8.66. The molecule has 0 radical (unpaired) electrons. The Labute approximate surface area is 107 Å². The van der Waals surface area contributed by atoms with Gasteiger partial charge in [-0.15, -0.1) is 10.2 Å².